The third-order valence-electron chi connectivity index (χ3n) is 1.26. The van der Waals surface area contributed by atoms with Crippen LogP contribution in [0.1, 0.15) is 13.3 Å². The van der Waals surface area contributed by atoms with E-state index in [4.69, 9.17) is 4.74 Å². The molecule has 0 saturated heterocycles. The molecular weight excluding hydrogens is 231 g/mol. The minimum Gasteiger partial charge on any atom is -0.427 e. The van der Waals surface area contributed by atoms with Crippen molar-refractivity contribution in [2.75, 3.05) is 0 Å². The average molecular weight is 241 g/mol. The minimum atomic E-state index is -0.198. The van der Waals surface area contributed by atoms with Crippen molar-refractivity contribution in [3.8, 4) is 5.75 Å². The topological polar surface area (TPSA) is 26.3 Å². The van der Waals surface area contributed by atoms with Gasteiger partial charge in [0.2, 0.25) is 0 Å². The van der Waals surface area contributed by atoms with Crippen LogP contribution >= 0.6 is 0 Å². The Balaban J connectivity index is 0.00000121. The van der Waals surface area contributed by atoms with Crippen LogP contribution in [0.2, 0.25) is 0 Å². The van der Waals surface area contributed by atoms with Gasteiger partial charge in [-0.1, -0.05) is 25.1 Å². The fourth-order valence-corrected chi connectivity index (χ4v) is 0.692. The first kappa shape index (κ1) is 11.6. The number of benzene rings is 1. The number of rotatable bonds is 2. The predicted molar refractivity (Wildman–Crippen MR) is 42.4 cm³/mol. The van der Waals surface area contributed by atoms with Crippen LogP contribution in [0, 0.1) is 0 Å². The Morgan fingerprint density at radius 2 is 1.92 bits per heavy atom. The maximum absolute atomic E-state index is 10.8. The molecule has 2 nitrogen and oxygen atoms in total. The SMILES string of the molecule is CCC(=O)Oc1ccccc1.[Zr]. The molecule has 0 amide bonds. The third-order valence-corrected chi connectivity index (χ3v) is 1.26. The van der Waals surface area contributed by atoms with E-state index in [1.807, 2.05) is 18.2 Å². The van der Waals surface area contributed by atoms with Crippen LogP contribution in [0.4, 0.5) is 0 Å². The van der Waals surface area contributed by atoms with Gasteiger partial charge in [0.05, 0.1) is 0 Å². The van der Waals surface area contributed by atoms with Gasteiger partial charge >= 0.3 is 5.97 Å². The Morgan fingerprint density at radius 1 is 1.33 bits per heavy atom. The van der Waals surface area contributed by atoms with Crippen LogP contribution in [0.3, 0.4) is 0 Å². The molecule has 12 heavy (non-hydrogen) atoms. The summed E-state index contributed by atoms with van der Waals surface area (Å²) in [4.78, 5) is 10.8. The van der Waals surface area contributed by atoms with Crippen LogP contribution in [-0.2, 0) is 31.0 Å². The molecule has 1 rings (SSSR count). The number of carbonyl (C=O) groups excluding carboxylic acids is 1. The van der Waals surface area contributed by atoms with Gasteiger partial charge in [-0.3, -0.25) is 4.79 Å². The van der Waals surface area contributed by atoms with Crippen LogP contribution < -0.4 is 4.74 Å². The van der Waals surface area contributed by atoms with Gasteiger partial charge in [-0.25, -0.2) is 0 Å². The van der Waals surface area contributed by atoms with Gasteiger partial charge in [-0.05, 0) is 12.1 Å². The van der Waals surface area contributed by atoms with Gasteiger partial charge in [0.15, 0.2) is 0 Å². The molecular formula is C9H10O2Zr. The first-order valence-electron chi connectivity index (χ1n) is 3.58. The van der Waals surface area contributed by atoms with Gasteiger partial charge < -0.3 is 4.74 Å². The van der Waals surface area contributed by atoms with Crippen LogP contribution in [0.25, 0.3) is 0 Å². The fraction of sp³-hybridized carbons (Fsp3) is 0.222. The van der Waals surface area contributed by atoms with E-state index in [1.165, 1.54) is 0 Å². The second kappa shape index (κ2) is 6.13. The summed E-state index contributed by atoms with van der Waals surface area (Å²) in [5, 5.41) is 0. The summed E-state index contributed by atoms with van der Waals surface area (Å²) in [6.45, 7) is 1.77. The van der Waals surface area contributed by atoms with Crippen molar-refractivity contribution in [3.63, 3.8) is 0 Å². The summed E-state index contributed by atoms with van der Waals surface area (Å²) in [5.41, 5.74) is 0. The normalized spacial score (nSPS) is 8.42. The Kier molecular flexibility index (Phi) is 5.91. The van der Waals surface area contributed by atoms with E-state index in [2.05, 4.69) is 0 Å². The van der Waals surface area contributed by atoms with E-state index in [1.54, 1.807) is 19.1 Å². The van der Waals surface area contributed by atoms with Gasteiger partial charge in [-0.2, -0.15) is 0 Å². The molecule has 0 aliphatic rings. The molecule has 0 N–H and O–H groups in total. The molecule has 0 bridgehead atoms. The summed E-state index contributed by atoms with van der Waals surface area (Å²) in [6.07, 6.45) is 0.412. The van der Waals surface area contributed by atoms with Crippen LogP contribution in [0.15, 0.2) is 30.3 Å². The number of hydrogen-bond acceptors (Lipinski definition) is 2. The Hall–Kier alpha value is -0.427. The monoisotopic (exact) mass is 240 g/mol. The molecule has 0 heterocycles. The van der Waals surface area contributed by atoms with Crippen molar-refractivity contribution in [1.82, 2.24) is 0 Å². The quantitative estimate of drug-likeness (QED) is 0.585. The van der Waals surface area contributed by atoms with Gasteiger partial charge in [0.25, 0.3) is 0 Å². The summed E-state index contributed by atoms with van der Waals surface area (Å²) in [6, 6.07) is 9.06. The largest absolute Gasteiger partial charge is 0.427 e. The average Bonchev–Trinajstić information content (AvgIpc) is 2.06. The van der Waals surface area contributed by atoms with E-state index in [0.29, 0.717) is 12.2 Å². The first-order valence-corrected chi connectivity index (χ1v) is 3.58. The number of hydrogen-bond donors (Lipinski definition) is 0. The second-order valence-corrected chi connectivity index (χ2v) is 2.14. The standard InChI is InChI=1S/C9H10O2.Zr/c1-2-9(10)11-8-6-4-3-5-7-8;/h3-7H,2H2,1H3;. The van der Waals surface area contributed by atoms with Crippen molar-refractivity contribution in [2.24, 2.45) is 0 Å². The number of para-hydroxylation sites is 1. The predicted octanol–water partition coefficient (Wildman–Crippen LogP) is 2.00. The zero-order chi connectivity index (χ0) is 8.10. The molecule has 0 atom stereocenters. The van der Waals surface area contributed by atoms with Crippen molar-refractivity contribution < 1.29 is 35.7 Å². The molecule has 0 aromatic heterocycles. The van der Waals surface area contributed by atoms with E-state index in [0.717, 1.165) is 0 Å². The molecule has 0 unspecified atom stereocenters. The van der Waals surface area contributed by atoms with Crippen LogP contribution in [-0.4, -0.2) is 5.97 Å². The molecule has 3 heteroatoms. The van der Waals surface area contributed by atoms with Gasteiger partial charge in [0.1, 0.15) is 5.75 Å². The Bertz CT molecular complexity index is 234. The first-order chi connectivity index (χ1) is 5.33. The minimum absolute atomic E-state index is 0. The molecule has 0 aliphatic carbocycles. The maximum Gasteiger partial charge on any atom is 0.310 e. The number of ether oxygens (including phenoxy) is 1. The Morgan fingerprint density at radius 3 is 2.42 bits per heavy atom. The summed E-state index contributed by atoms with van der Waals surface area (Å²) >= 11 is 0. The zero-order valence-corrected chi connectivity index (χ0v) is 9.37. The van der Waals surface area contributed by atoms with Crippen molar-refractivity contribution in [3.05, 3.63) is 30.3 Å². The smallest absolute Gasteiger partial charge is 0.310 e. The summed E-state index contributed by atoms with van der Waals surface area (Å²) in [7, 11) is 0. The molecule has 0 radical (unpaired) electrons. The zero-order valence-electron chi connectivity index (χ0n) is 6.91. The van der Waals surface area contributed by atoms with E-state index in [9.17, 15) is 4.79 Å². The molecule has 1 aromatic rings. The van der Waals surface area contributed by atoms with E-state index in [-0.39, 0.29) is 32.2 Å². The second-order valence-electron chi connectivity index (χ2n) is 2.14. The molecule has 62 valence electrons. The number of esters is 1. The molecule has 0 spiro atoms. The molecule has 0 aliphatic heterocycles. The maximum atomic E-state index is 10.8. The van der Waals surface area contributed by atoms with Gasteiger partial charge in [0, 0.05) is 32.6 Å². The van der Waals surface area contributed by atoms with E-state index < -0.39 is 0 Å². The summed E-state index contributed by atoms with van der Waals surface area (Å²) < 4.78 is 4.92. The summed E-state index contributed by atoms with van der Waals surface area (Å²) in [5.74, 6) is 0.413. The van der Waals surface area contributed by atoms with Crippen molar-refractivity contribution in [1.29, 1.82) is 0 Å². The fourth-order valence-electron chi connectivity index (χ4n) is 0.692. The van der Waals surface area contributed by atoms with Crippen molar-refractivity contribution >= 4 is 5.97 Å². The third kappa shape index (κ3) is 3.82. The molecule has 0 fully saturated rings. The van der Waals surface area contributed by atoms with E-state index >= 15 is 0 Å². The van der Waals surface area contributed by atoms with Crippen molar-refractivity contribution in [2.45, 2.75) is 13.3 Å². The molecule has 0 saturated carbocycles. The van der Waals surface area contributed by atoms with Gasteiger partial charge in [-0.15, -0.1) is 0 Å². The van der Waals surface area contributed by atoms with Crippen LogP contribution in [0.5, 0.6) is 5.75 Å². The molecule has 1 aromatic carbocycles. The Labute approximate surface area is 91.0 Å². The number of carbonyl (C=O) groups is 1.